The van der Waals surface area contributed by atoms with E-state index in [1.807, 2.05) is 6.07 Å². The Balaban J connectivity index is 1.41. The summed E-state index contributed by atoms with van der Waals surface area (Å²) in [5.74, 6) is -0.509. The first-order valence-corrected chi connectivity index (χ1v) is 9.88. The second kappa shape index (κ2) is 6.64. The Labute approximate surface area is 168 Å². The number of carbonyl (C=O) groups excluding carboxylic acids is 2. The quantitative estimate of drug-likeness (QED) is 0.711. The van der Waals surface area contributed by atoms with E-state index in [1.54, 1.807) is 29.2 Å². The van der Waals surface area contributed by atoms with E-state index < -0.39 is 0 Å². The first kappa shape index (κ1) is 17.3. The van der Waals surface area contributed by atoms with Gasteiger partial charge in [0.05, 0.1) is 11.6 Å². The van der Waals surface area contributed by atoms with Gasteiger partial charge in [-0.25, -0.2) is 0 Å². The first-order valence-electron chi connectivity index (χ1n) is 9.50. The van der Waals surface area contributed by atoms with Gasteiger partial charge in [0, 0.05) is 29.1 Å². The molecule has 0 bridgehead atoms. The van der Waals surface area contributed by atoms with Crippen LogP contribution >= 0.6 is 11.6 Å². The van der Waals surface area contributed by atoms with Crippen LogP contribution in [0.15, 0.2) is 54.6 Å². The predicted octanol–water partition coefficient (Wildman–Crippen LogP) is 4.58. The SMILES string of the molecule is O=C(Nc1ccc(Cl)cc1)[C@H]1CC(=O)N(c2ccc3c4c(cccc24)CC3)C1. The summed E-state index contributed by atoms with van der Waals surface area (Å²) in [5, 5.41) is 5.90. The lowest BCUT2D eigenvalue weighted by atomic mass is 10.0. The van der Waals surface area contributed by atoms with Crippen LogP contribution < -0.4 is 10.2 Å². The molecule has 140 valence electrons. The van der Waals surface area contributed by atoms with Crippen molar-refractivity contribution in [3.63, 3.8) is 0 Å². The standard InChI is InChI=1S/C23H19ClN2O2/c24-17-7-9-18(10-8-17)25-23(28)16-12-21(27)26(13-16)20-11-6-15-5-4-14-2-1-3-19(20)22(14)15/h1-3,6-11,16H,4-5,12-13H2,(H,25,28)/t16-/m0/s1. The fourth-order valence-corrected chi connectivity index (χ4v) is 4.49. The van der Waals surface area contributed by atoms with Crippen LogP contribution in [0.3, 0.4) is 0 Å². The van der Waals surface area contributed by atoms with E-state index in [9.17, 15) is 9.59 Å². The molecule has 1 aliphatic heterocycles. The minimum absolute atomic E-state index is 0.00467. The van der Waals surface area contributed by atoms with Crippen LogP contribution in [0, 0.1) is 5.92 Å². The van der Waals surface area contributed by atoms with Crippen molar-refractivity contribution in [3.8, 4) is 0 Å². The van der Waals surface area contributed by atoms with E-state index >= 15 is 0 Å². The number of nitrogens with zero attached hydrogens (tertiary/aromatic N) is 1. The highest BCUT2D eigenvalue weighted by atomic mass is 35.5. The van der Waals surface area contributed by atoms with Gasteiger partial charge in [0.1, 0.15) is 0 Å². The highest BCUT2D eigenvalue weighted by Crippen LogP contribution is 2.38. The summed E-state index contributed by atoms with van der Waals surface area (Å²) >= 11 is 5.89. The number of halogens is 1. The summed E-state index contributed by atoms with van der Waals surface area (Å²) in [5.41, 5.74) is 4.29. The van der Waals surface area contributed by atoms with E-state index in [0.717, 1.165) is 23.9 Å². The zero-order valence-electron chi connectivity index (χ0n) is 15.2. The Morgan fingerprint density at radius 1 is 1.00 bits per heavy atom. The average molecular weight is 391 g/mol. The fourth-order valence-electron chi connectivity index (χ4n) is 4.36. The molecule has 0 radical (unpaired) electrons. The molecule has 5 rings (SSSR count). The molecule has 28 heavy (non-hydrogen) atoms. The Hall–Kier alpha value is -2.85. The third-order valence-corrected chi connectivity index (χ3v) is 6.00. The molecule has 1 atom stereocenters. The van der Waals surface area contributed by atoms with Gasteiger partial charge in [-0.1, -0.05) is 35.9 Å². The molecule has 2 aliphatic rings. The first-order chi connectivity index (χ1) is 13.6. The van der Waals surface area contributed by atoms with Crippen LogP contribution in [0.2, 0.25) is 5.02 Å². The smallest absolute Gasteiger partial charge is 0.229 e. The summed E-state index contributed by atoms with van der Waals surface area (Å²) in [6, 6.07) is 17.4. The number of aryl methyl sites for hydroxylation is 2. The normalized spacial score (nSPS) is 18.1. The minimum Gasteiger partial charge on any atom is -0.326 e. The lowest BCUT2D eigenvalue weighted by Crippen LogP contribution is -2.28. The van der Waals surface area contributed by atoms with Gasteiger partial charge in [-0.15, -0.1) is 0 Å². The molecule has 1 saturated heterocycles. The molecule has 0 spiro atoms. The Morgan fingerprint density at radius 3 is 2.54 bits per heavy atom. The van der Waals surface area contributed by atoms with Crippen molar-refractivity contribution in [2.75, 3.05) is 16.8 Å². The Kier molecular flexibility index (Phi) is 4.09. The van der Waals surface area contributed by atoms with Gasteiger partial charge in [-0.05, 0) is 59.7 Å². The largest absolute Gasteiger partial charge is 0.326 e. The average Bonchev–Trinajstić information content (AvgIpc) is 3.29. The van der Waals surface area contributed by atoms with Crippen molar-refractivity contribution >= 4 is 45.6 Å². The number of carbonyl (C=O) groups is 2. The van der Waals surface area contributed by atoms with Gasteiger partial charge >= 0.3 is 0 Å². The lowest BCUT2D eigenvalue weighted by molar-refractivity contribution is -0.122. The number of anilines is 2. The molecule has 5 heteroatoms. The molecule has 1 fully saturated rings. The van der Waals surface area contributed by atoms with Crippen molar-refractivity contribution in [1.82, 2.24) is 0 Å². The molecule has 1 heterocycles. The highest BCUT2D eigenvalue weighted by Gasteiger charge is 2.36. The second-order valence-corrected chi connectivity index (χ2v) is 7.92. The summed E-state index contributed by atoms with van der Waals surface area (Å²) < 4.78 is 0. The molecule has 1 aliphatic carbocycles. The van der Waals surface area contributed by atoms with Crippen LogP contribution in [-0.2, 0) is 22.4 Å². The topological polar surface area (TPSA) is 49.4 Å². The van der Waals surface area contributed by atoms with Gasteiger partial charge < -0.3 is 10.2 Å². The zero-order chi connectivity index (χ0) is 19.3. The number of hydrogen-bond acceptors (Lipinski definition) is 2. The van der Waals surface area contributed by atoms with Crippen LogP contribution in [0.5, 0.6) is 0 Å². The molecule has 0 saturated carbocycles. The molecule has 3 aromatic carbocycles. The number of rotatable bonds is 3. The van der Waals surface area contributed by atoms with Gasteiger partial charge in [0.2, 0.25) is 11.8 Å². The highest BCUT2D eigenvalue weighted by molar-refractivity contribution is 6.30. The van der Waals surface area contributed by atoms with Crippen molar-refractivity contribution < 1.29 is 9.59 Å². The van der Waals surface area contributed by atoms with Crippen LogP contribution in [0.4, 0.5) is 11.4 Å². The van der Waals surface area contributed by atoms with Crippen LogP contribution in [0.1, 0.15) is 17.5 Å². The third kappa shape index (κ3) is 2.85. The van der Waals surface area contributed by atoms with Gasteiger partial charge in [-0.2, -0.15) is 0 Å². The van der Waals surface area contributed by atoms with Crippen LogP contribution in [0.25, 0.3) is 10.8 Å². The monoisotopic (exact) mass is 390 g/mol. The van der Waals surface area contributed by atoms with Gasteiger partial charge in [0.25, 0.3) is 0 Å². The van der Waals surface area contributed by atoms with Crippen molar-refractivity contribution in [2.45, 2.75) is 19.3 Å². The van der Waals surface area contributed by atoms with Gasteiger partial charge in [-0.3, -0.25) is 9.59 Å². The molecule has 4 nitrogen and oxygen atoms in total. The third-order valence-electron chi connectivity index (χ3n) is 5.75. The van der Waals surface area contributed by atoms with E-state index in [2.05, 4.69) is 29.6 Å². The number of hydrogen-bond donors (Lipinski definition) is 1. The lowest BCUT2D eigenvalue weighted by Gasteiger charge is -2.20. The fraction of sp³-hybridized carbons (Fsp3) is 0.217. The van der Waals surface area contributed by atoms with E-state index in [0.29, 0.717) is 17.3 Å². The number of amides is 2. The maximum absolute atomic E-state index is 12.7. The van der Waals surface area contributed by atoms with Gasteiger partial charge in [0.15, 0.2) is 0 Å². The molecule has 0 aromatic heterocycles. The molecule has 0 unspecified atom stereocenters. The molecular weight excluding hydrogens is 372 g/mol. The second-order valence-electron chi connectivity index (χ2n) is 7.49. The molecule has 3 aromatic rings. The Bertz CT molecular complexity index is 1100. The van der Waals surface area contributed by atoms with Crippen LogP contribution in [-0.4, -0.2) is 18.4 Å². The predicted molar refractivity (Wildman–Crippen MR) is 112 cm³/mol. The number of benzene rings is 3. The van der Waals surface area contributed by atoms with Crippen molar-refractivity contribution in [1.29, 1.82) is 0 Å². The molecule has 2 amide bonds. The summed E-state index contributed by atoms with van der Waals surface area (Å²) in [4.78, 5) is 27.2. The maximum Gasteiger partial charge on any atom is 0.229 e. The molecular formula is C23H19ClN2O2. The van der Waals surface area contributed by atoms with E-state index in [-0.39, 0.29) is 24.2 Å². The maximum atomic E-state index is 12.7. The number of nitrogens with one attached hydrogen (secondary N) is 1. The zero-order valence-corrected chi connectivity index (χ0v) is 16.0. The summed E-state index contributed by atoms with van der Waals surface area (Å²) in [7, 11) is 0. The van der Waals surface area contributed by atoms with E-state index in [4.69, 9.17) is 11.6 Å². The minimum atomic E-state index is -0.369. The summed E-state index contributed by atoms with van der Waals surface area (Å²) in [6.45, 7) is 0.400. The van der Waals surface area contributed by atoms with Crippen molar-refractivity contribution in [2.24, 2.45) is 5.92 Å². The van der Waals surface area contributed by atoms with Crippen molar-refractivity contribution in [3.05, 3.63) is 70.7 Å². The Morgan fingerprint density at radius 2 is 1.75 bits per heavy atom. The summed E-state index contributed by atoms with van der Waals surface area (Å²) in [6.07, 6.45) is 2.33. The molecule has 1 N–H and O–H groups in total. The van der Waals surface area contributed by atoms with E-state index in [1.165, 1.54) is 16.5 Å².